The maximum Gasteiger partial charge on any atom is 0.265 e. The number of halogens is 1. The zero-order valence-corrected chi connectivity index (χ0v) is 13.3. The van der Waals surface area contributed by atoms with Gasteiger partial charge in [-0.15, -0.1) is 0 Å². The number of methoxy groups -OCH3 is 1. The summed E-state index contributed by atoms with van der Waals surface area (Å²) in [4.78, 5) is 10.9. The molecule has 0 saturated carbocycles. The van der Waals surface area contributed by atoms with Gasteiger partial charge in [-0.1, -0.05) is 6.07 Å². The van der Waals surface area contributed by atoms with Gasteiger partial charge in [0.05, 0.1) is 12.8 Å². The SMILES string of the molecule is COc1ccc(NC(C)=O)cc1S(=O)(=O)Nc1cccc(F)c1. The average molecular weight is 338 g/mol. The first-order chi connectivity index (χ1) is 10.8. The molecule has 0 aliphatic carbocycles. The van der Waals surface area contributed by atoms with Gasteiger partial charge in [-0.25, -0.2) is 12.8 Å². The van der Waals surface area contributed by atoms with E-state index in [2.05, 4.69) is 10.0 Å². The predicted octanol–water partition coefficient (Wildman–Crippen LogP) is 2.59. The third kappa shape index (κ3) is 4.19. The van der Waals surface area contributed by atoms with Crippen LogP contribution in [0, 0.1) is 5.82 Å². The van der Waals surface area contributed by atoms with Gasteiger partial charge in [0, 0.05) is 12.6 Å². The molecule has 2 rings (SSSR count). The molecule has 0 atom stereocenters. The molecule has 0 aliphatic rings. The van der Waals surface area contributed by atoms with Crippen molar-refractivity contribution in [2.24, 2.45) is 0 Å². The van der Waals surface area contributed by atoms with Crippen molar-refractivity contribution in [2.45, 2.75) is 11.8 Å². The molecule has 8 heteroatoms. The summed E-state index contributed by atoms with van der Waals surface area (Å²) in [5, 5.41) is 2.49. The number of amides is 1. The van der Waals surface area contributed by atoms with Crippen LogP contribution in [0.15, 0.2) is 47.4 Å². The molecule has 2 aromatic carbocycles. The molecule has 0 saturated heterocycles. The van der Waals surface area contributed by atoms with Crippen LogP contribution in [0.3, 0.4) is 0 Å². The fourth-order valence-corrected chi connectivity index (χ4v) is 3.18. The monoisotopic (exact) mass is 338 g/mol. The fourth-order valence-electron chi connectivity index (χ4n) is 1.93. The Labute approximate surface area is 133 Å². The van der Waals surface area contributed by atoms with Gasteiger partial charge in [0.15, 0.2) is 0 Å². The number of rotatable bonds is 5. The van der Waals surface area contributed by atoms with Crippen molar-refractivity contribution in [3.63, 3.8) is 0 Å². The molecule has 0 bridgehead atoms. The third-order valence-corrected chi connectivity index (χ3v) is 4.25. The first kappa shape index (κ1) is 16.8. The smallest absolute Gasteiger partial charge is 0.265 e. The summed E-state index contributed by atoms with van der Waals surface area (Å²) in [6.07, 6.45) is 0. The second-order valence-corrected chi connectivity index (χ2v) is 6.31. The van der Waals surface area contributed by atoms with Crippen LogP contribution in [-0.2, 0) is 14.8 Å². The molecule has 0 heterocycles. The molecule has 0 radical (unpaired) electrons. The lowest BCUT2D eigenvalue weighted by Crippen LogP contribution is -2.15. The Bertz CT molecular complexity index is 837. The second-order valence-electron chi connectivity index (χ2n) is 4.66. The van der Waals surface area contributed by atoms with Crippen molar-refractivity contribution in [1.29, 1.82) is 0 Å². The summed E-state index contributed by atoms with van der Waals surface area (Å²) in [6, 6.07) is 9.27. The van der Waals surface area contributed by atoms with Crippen LogP contribution < -0.4 is 14.8 Å². The fraction of sp³-hybridized carbons (Fsp3) is 0.133. The normalized spacial score (nSPS) is 10.9. The third-order valence-electron chi connectivity index (χ3n) is 2.85. The molecule has 2 N–H and O–H groups in total. The number of carbonyl (C=O) groups excluding carboxylic acids is 1. The quantitative estimate of drug-likeness (QED) is 0.877. The molecule has 0 spiro atoms. The average Bonchev–Trinajstić information content (AvgIpc) is 2.46. The molecule has 0 aliphatic heterocycles. The van der Waals surface area contributed by atoms with Crippen LogP contribution in [0.2, 0.25) is 0 Å². The standard InChI is InChI=1S/C15H15FN2O4S/c1-10(19)17-12-6-7-14(22-2)15(9-12)23(20,21)18-13-5-3-4-11(16)8-13/h3-9,18H,1-2H3,(H,17,19). The van der Waals surface area contributed by atoms with Crippen molar-refractivity contribution in [3.8, 4) is 5.75 Å². The molecule has 1 amide bonds. The number of carbonyl (C=O) groups is 1. The summed E-state index contributed by atoms with van der Waals surface area (Å²) in [6.45, 7) is 1.31. The largest absolute Gasteiger partial charge is 0.495 e. The van der Waals surface area contributed by atoms with E-state index in [1.54, 1.807) is 0 Å². The Morgan fingerprint density at radius 2 is 1.87 bits per heavy atom. The molecule has 6 nitrogen and oxygen atoms in total. The highest BCUT2D eigenvalue weighted by Gasteiger charge is 2.21. The van der Waals surface area contributed by atoms with E-state index in [0.717, 1.165) is 6.07 Å². The Morgan fingerprint density at radius 1 is 1.13 bits per heavy atom. The van der Waals surface area contributed by atoms with E-state index in [0.29, 0.717) is 5.69 Å². The summed E-state index contributed by atoms with van der Waals surface area (Å²) < 4.78 is 45.5. The van der Waals surface area contributed by atoms with E-state index in [9.17, 15) is 17.6 Å². The van der Waals surface area contributed by atoms with Crippen LogP contribution in [0.25, 0.3) is 0 Å². The van der Waals surface area contributed by atoms with Gasteiger partial charge in [-0.2, -0.15) is 0 Å². The molecule has 122 valence electrons. The van der Waals surface area contributed by atoms with Crippen LogP contribution in [0.4, 0.5) is 15.8 Å². The summed E-state index contributed by atoms with van der Waals surface area (Å²) in [5.74, 6) is -0.802. The first-order valence-electron chi connectivity index (χ1n) is 6.56. The van der Waals surface area contributed by atoms with Gasteiger partial charge >= 0.3 is 0 Å². The predicted molar refractivity (Wildman–Crippen MR) is 84.5 cm³/mol. The number of nitrogens with one attached hydrogen (secondary N) is 2. The highest BCUT2D eigenvalue weighted by atomic mass is 32.2. The number of hydrogen-bond acceptors (Lipinski definition) is 4. The van der Waals surface area contributed by atoms with Crippen molar-refractivity contribution in [2.75, 3.05) is 17.1 Å². The van der Waals surface area contributed by atoms with E-state index in [1.165, 1.54) is 50.4 Å². The summed E-state index contributed by atoms with van der Waals surface area (Å²) in [7, 11) is -2.70. The number of sulfonamides is 1. The highest BCUT2D eigenvalue weighted by molar-refractivity contribution is 7.92. The van der Waals surface area contributed by atoms with Crippen LogP contribution in [0.5, 0.6) is 5.75 Å². The first-order valence-corrected chi connectivity index (χ1v) is 8.04. The molecule has 0 unspecified atom stereocenters. The van der Waals surface area contributed by atoms with Gasteiger partial charge < -0.3 is 10.1 Å². The number of benzene rings is 2. The van der Waals surface area contributed by atoms with Crippen LogP contribution >= 0.6 is 0 Å². The van der Waals surface area contributed by atoms with Gasteiger partial charge in [0.25, 0.3) is 10.0 Å². The second kappa shape index (κ2) is 6.66. The summed E-state index contributed by atoms with van der Waals surface area (Å²) in [5.41, 5.74) is 0.384. The number of ether oxygens (including phenoxy) is 1. The lowest BCUT2D eigenvalue weighted by molar-refractivity contribution is -0.114. The molecular formula is C15H15FN2O4S. The minimum atomic E-state index is -4.02. The number of anilines is 2. The minimum absolute atomic E-state index is 0.0805. The Morgan fingerprint density at radius 3 is 2.48 bits per heavy atom. The molecule has 23 heavy (non-hydrogen) atoms. The molecule has 2 aromatic rings. The van der Waals surface area contributed by atoms with E-state index in [-0.39, 0.29) is 22.2 Å². The van der Waals surface area contributed by atoms with Gasteiger partial charge in [0.1, 0.15) is 16.5 Å². The lowest BCUT2D eigenvalue weighted by atomic mass is 10.3. The van der Waals surface area contributed by atoms with Crippen molar-refractivity contribution >= 4 is 27.3 Å². The molecule has 0 aromatic heterocycles. The molecular weight excluding hydrogens is 323 g/mol. The van der Waals surface area contributed by atoms with Crippen molar-refractivity contribution in [1.82, 2.24) is 0 Å². The Kier molecular flexibility index (Phi) is 4.85. The van der Waals surface area contributed by atoms with Crippen LogP contribution in [0.1, 0.15) is 6.92 Å². The maximum absolute atomic E-state index is 13.2. The topological polar surface area (TPSA) is 84.5 Å². The zero-order valence-electron chi connectivity index (χ0n) is 12.5. The van der Waals surface area contributed by atoms with Crippen molar-refractivity contribution < 1.29 is 22.3 Å². The van der Waals surface area contributed by atoms with E-state index >= 15 is 0 Å². The van der Waals surface area contributed by atoms with Gasteiger partial charge in [-0.05, 0) is 36.4 Å². The highest BCUT2D eigenvalue weighted by Crippen LogP contribution is 2.29. The Hall–Kier alpha value is -2.61. The zero-order chi connectivity index (χ0) is 17.0. The van der Waals surface area contributed by atoms with Crippen molar-refractivity contribution in [3.05, 3.63) is 48.3 Å². The number of hydrogen-bond donors (Lipinski definition) is 2. The summed E-state index contributed by atoms with van der Waals surface area (Å²) >= 11 is 0. The maximum atomic E-state index is 13.2. The Balaban J connectivity index is 2.42. The van der Waals surface area contributed by atoms with E-state index in [1.807, 2.05) is 0 Å². The van der Waals surface area contributed by atoms with Crippen LogP contribution in [-0.4, -0.2) is 21.4 Å². The molecule has 0 fully saturated rings. The van der Waals surface area contributed by atoms with E-state index in [4.69, 9.17) is 4.74 Å². The van der Waals surface area contributed by atoms with Gasteiger partial charge in [0.2, 0.25) is 5.91 Å². The van der Waals surface area contributed by atoms with Gasteiger partial charge in [-0.3, -0.25) is 9.52 Å². The minimum Gasteiger partial charge on any atom is -0.495 e. The van der Waals surface area contributed by atoms with E-state index < -0.39 is 15.8 Å². The lowest BCUT2D eigenvalue weighted by Gasteiger charge is -2.13.